The zero-order valence-corrected chi connectivity index (χ0v) is 7.17. The van der Waals surface area contributed by atoms with Gasteiger partial charge in [-0.25, -0.2) is 0 Å². The van der Waals surface area contributed by atoms with E-state index in [1.165, 1.54) is 11.8 Å². The monoisotopic (exact) mass is 183 g/mol. The van der Waals surface area contributed by atoms with E-state index >= 15 is 0 Å². The first kappa shape index (κ1) is 8.93. The lowest BCUT2D eigenvalue weighted by Crippen LogP contribution is -2.12. The van der Waals surface area contributed by atoms with Crippen molar-refractivity contribution in [1.29, 1.82) is 0 Å². The Balaban J connectivity index is 2.63. The van der Waals surface area contributed by atoms with Crippen LogP contribution in [0.2, 0.25) is 0 Å². The highest BCUT2D eigenvalue weighted by molar-refractivity contribution is 8.00. The van der Waals surface area contributed by atoms with Gasteiger partial charge >= 0.3 is 0 Å². The molecule has 4 heteroatoms. The van der Waals surface area contributed by atoms with Crippen molar-refractivity contribution >= 4 is 17.7 Å². The lowest BCUT2D eigenvalue weighted by Gasteiger charge is -2.00. The van der Waals surface area contributed by atoms with Crippen molar-refractivity contribution in [2.24, 2.45) is 5.73 Å². The van der Waals surface area contributed by atoms with Crippen LogP contribution in [0, 0.1) is 0 Å². The Morgan fingerprint density at radius 3 is 2.75 bits per heavy atom. The van der Waals surface area contributed by atoms with Crippen LogP contribution in [0.15, 0.2) is 29.2 Å². The molecule has 1 amide bonds. The first-order valence-corrected chi connectivity index (χ1v) is 4.38. The molecule has 1 rings (SSSR count). The number of primary amides is 1. The third-order valence-corrected chi connectivity index (χ3v) is 2.32. The number of nitrogens with two attached hydrogens (primary N) is 1. The summed E-state index contributed by atoms with van der Waals surface area (Å²) >= 11 is 1.23. The van der Waals surface area contributed by atoms with Crippen LogP contribution in [-0.2, 0) is 4.79 Å². The fraction of sp³-hybridized carbons (Fsp3) is 0.125. The van der Waals surface area contributed by atoms with Gasteiger partial charge < -0.3 is 10.8 Å². The number of phenols is 1. The minimum atomic E-state index is -0.386. The molecule has 1 aromatic carbocycles. The number of amides is 1. The third kappa shape index (κ3) is 2.47. The number of carbonyl (C=O) groups excluding carboxylic acids is 1. The normalized spacial score (nSPS) is 9.67. The summed E-state index contributed by atoms with van der Waals surface area (Å²) < 4.78 is 0. The molecule has 0 saturated carbocycles. The van der Waals surface area contributed by atoms with Gasteiger partial charge in [0.15, 0.2) is 0 Å². The maximum atomic E-state index is 10.4. The highest BCUT2D eigenvalue weighted by atomic mass is 32.2. The quantitative estimate of drug-likeness (QED) is 0.686. The largest absolute Gasteiger partial charge is 0.507 e. The summed E-state index contributed by atoms with van der Waals surface area (Å²) in [5, 5.41) is 9.25. The smallest absolute Gasteiger partial charge is 0.227 e. The number of rotatable bonds is 3. The maximum absolute atomic E-state index is 10.4. The summed E-state index contributed by atoms with van der Waals surface area (Å²) in [6.45, 7) is 0. The maximum Gasteiger partial charge on any atom is 0.227 e. The van der Waals surface area contributed by atoms with E-state index in [9.17, 15) is 9.90 Å². The predicted molar refractivity (Wildman–Crippen MR) is 48.0 cm³/mol. The van der Waals surface area contributed by atoms with E-state index in [1.807, 2.05) is 0 Å². The Kier molecular flexibility index (Phi) is 2.99. The minimum absolute atomic E-state index is 0.184. The van der Waals surface area contributed by atoms with Crippen LogP contribution >= 0.6 is 11.8 Å². The summed E-state index contributed by atoms with van der Waals surface area (Å²) in [6, 6.07) is 6.83. The van der Waals surface area contributed by atoms with Crippen molar-refractivity contribution in [3.8, 4) is 5.75 Å². The van der Waals surface area contributed by atoms with Crippen molar-refractivity contribution < 1.29 is 9.90 Å². The standard InChI is InChI=1S/C8H9NO2S/c9-8(11)5-12-7-4-2-1-3-6(7)10/h1-4,10H,5H2,(H2,9,11). The highest BCUT2D eigenvalue weighted by Gasteiger charge is 2.01. The van der Waals surface area contributed by atoms with Crippen molar-refractivity contribution in [2.75, 3.05) is 5.75 Å². The molecule has 0 fully saturated rings. The second-order valence-corrected chi connectivity index (χ2v) is 3.24. The van der Waals surface area contributed by atoms with Gasteiger partial charge in [-0.05, 0) is 12.1 Å². The van der Waals surface area contributed by atoms with Crippen LogP contribution in [0.4, 0.5) is 0 Å². The van der Waals surface area contributed by atoms with Gasteiger partial charge in [-0.15, -0.1) is 11.8 Å². The Hall–Kier alpha value is -1.16. The predicted octanol–water partition coefficient (Wildman–Crippen LogP) is 0.970. The zero-order valence-electron chi connectivity index (χ0n) is 6.36. The second kappa shape index (κ2) is 4.01. The van der Waals surface area contributed by atoms with Gasteiger partial charge in [0.2, 0.25) is 5.91 Å². The molecule has 3 nitrogen and oxygen atoms in total. The van der Waals surface area contributed by atoms with Crippen molar-refractivity contribution in [1.82, 2.24) is 0 Å². The number of thioether (sulfide) groups is 1. The van der Waals surface area contributed by atoms with Gasteiger partial charge in [0, 0.05) is 4.90 Å². The molecule has 0 aliphatic carbocycles. The molecule has 0 spiro atoms. The molecule has 12 heavy (non-hydrogen) atoms. The van der Waals surface area contributed by atoms with E-state index in [1.54, 1.807) is 24.3 Å². The summed E-state index contributed by atoms with van der Waals surface area (Å²) in [5.74, 6) is -0.00981. The zero-order chi connectivity index (χ0) is 8.97. The molecule has 64 valence electrons. The molecule has 0 unspecified atom stereocenters. The molecule has 0 aliphatic rings. The van der Waals surface area contributed by atoms with Crippen LogP contribution in [0.3, 0.4) is 0 Å². The van der Waals surface area contributed by atoms with E-state index in [0.717, 1.165) is 0 Å². The van der Waals surface area contributed by atoms with Gasteiger partial charge in [-0.3, -0.25) is 4.79 Å². The molecule has 0 bridgehead atoms. The lowest BCUT2D eigenvalue weighted by molar-refractivity contribution is -0.115. The molecule has 0 saturated heterocycles. The number of para-hydroxylation sites is 1. The summed E-state index contributed by atoms with van der Waals surface area (Å²) in [7, 11) is 0. The van der Waals surface area contributed by atoms with E-state index < -0.39 is 0 Å². The fourth-order valence-corrected chi connectivity index (χ4v) is 1.42. The van der Waals surface area contributed by atoms with Crippen LogP contribution in [0.1, 0.15) is 0 Å². The van der Waals surface area contributed by atoms with Gasteiger partial charge in [-0.2, -0.15) is 0 Å². The first-order chi connectivity index (χ1) is 5.70. The topological polar surface area (TPSA) is 63.3 Å². The molecule has 1 aromatic rings. The number of aromatic hydroxyl groups is 1. The number of carbonyl (C=O) groups is 1. The molecular weight excluding hydrogens is 174 g/mol. The first-order valence-electron chi connectivity index (χ1n) is 3.39. The summed E-state index contributed by atoms with van der Waals surface area (Å²) in [4.78, 5) is 11.1. The van der Waals surface area contributed by atoms with Crippen molar-refractivity contribution in [2.45, 2.75) is 4.90 Å². The molecular formula is C8H9NO2S. The van der Waals surface area contributed by atoms with Gasteiger partial charge in [0.1, 0.15) is 5.75 Å². The van der Waals surface area contributed by atoms with Crippen molar-refractivity contribution in [3.63, 3.8) is 0 Å². The van der Waals surface area contributed by atoms with Crippen LogP contribution in [0.5, 0.6) is 5.75 Å². The Morgan fingerprint density at radius 1 is 1.50 bits per heavy atom. The average Bonchev–Trinajstić information content (AvgIpc) is 2.03. The molecule has 0 aliphatic heterocycles. The molecule has 0 heterocycles. The third-order valence-electron chi connectivity index (χ3n) is 1.24. The molecule has 0 radical (unpaired) electrons. The Morgan fingerprint density at radius 2 is 2.17 bits per heavy atom. The highest BCUT2D eigenvalue weighted by Crippen LogP contribution is 2.26. The number of hydrogen-bond donors (Lipinski definition) is 2. The van der Waals surface area contributed by atoms with Crippen molar-refractivity contribution in [3.05, 3.63) is 24.3 Å². The molecule has 0 aromatic heterocycles. The Bertz CT molecular complexity index is 288. The SMILES string of the molecule is NC(=O)CSc1ccccc1O. The number of phenolic OH excluding ortho intramolecular Hbond substituents is 1. The van der Waals surface area contributed by atoms with Gasteiger partial charge in [0.05, 0.1) is 5.75 Å². The lowest BCUT2D eigenvalue weighted by atomic mass is 10.3. The second-order valence-electron chi connectivity index (χ2n) is 2.22. The van der Waals surface area contributed by atoms with E-state index in [0.29, 0.717) is 4.90 Å². The minimum Gasteiger partial charge on any atom is -0.507 e. The Labute approximate surface area is 74.6 Å². The molecule has 0 atom stereocenters. The number of hydrogen-bond acceptors (Lipinski definition) is 3. The summed E-state index contributed by atoms with van der Waals surface area (Å²) in [5.41, 5.74) is 4.95. The average molecular weight is 183 g/mol. The fourth-order valence-electron chi connectivity index (χ4n) is 0.728. The summed E-state index contributed by atoms with van der Waals surface area (Å²) in [6.07, 6.45) is 0. The van der Waals surface area contributed by atoms with E-state index in [-0.39, 0.29) is 17.4 Å². The number of benzene rings is 1. The van der Waals surface area contributed by atoms with Gasteiger partial charge in [-0.1, -0.05) is 12.1 Å². The van der Waals surface area contributed by atoms with Gasteiger partial charge in [0.25, 0.3) is 0 Å². The van der Waals surface area contributed by atoms with Crippen LogP contribution in [-0.4, -0.2) is 16.8 Å². The van der Waals surface area contributed by atoms with E-state index in [2.05, 4.69) is 0 Å². The van der Waals surface area contributed by atoms with Crippen LogP contribution < -0.4 is 5.73 Å². The van der Waals surface area contributed by atoms with Crippen LogP contribution in [0.25, 0.3) is 0 Å². The molecule has 3 N–H and O–H groups in total. The van der Waals surface area contributed by atoms with E-state index in [4.69, 9.17) is 5.73 Å².